The molecule has 0 aromatic heterocycles. The Kier molecular flexibility index (Phi) is 17.5. The van der Waals surface area contributed by atoms with Gasteiger partial charge in [-0.3, -0.25) is 0 Å². The molecule has 0 aromatic carbocycles. The van der Waals surface area contributed by atoms with Crippen LogP contribution in [0.15, 0.2) is 11.6 Å². The van der Waals surface area contributed by atoms with Gasteiger partial charge in [-0.2, -0.15) is 0 Å². The van der Waals surface area contributed by atoms with Crippen LogP contribution < -0.4 is 0 Å². The van der Waals surface area contributed by atoms with Gasteiger partial charge in [-0.15, -0.1) is 11.8 Å². The minimum absolute atomic E-state index is 0.0428. The molecule has 2 rings (SSSR count). The van der Waals surface area contributed by atoms with Crippen LogP contribution in [0.2, 0.25) is 0 Å². The van der Waals surface area contributed by atoms with Crippen molar-refractivity contribution in [1.29, 1.82) is 0 Å². The maximum Gasteiger partial charge on any atom is 0.508 e. The predicted molar refractivity (Wildman–Crippen MR) is 143 cm³/mol. The van der Waals surface area contributed by atoms with Crippen molar-refractivity contribution in [3.63, 3.8) is 0 Å². The number of carbonyl (C=O) groups excluding carboxylic acids is 1. The van der Waals surface area contributed by atoms with Crippen LogP contribution in [0, 0.1) is 5.92 Å². The van der Waals surface area contributed by atoms with E-state index in [-0.39, 0.29) is 6.10 Å². The third kappa shape index (κ3) is 15.2. The van der Waals surface area contributed by atoms with Crippen molar-refractivity contribution in [2.45, 2.75) is 122 Å². The number of nitrogens with zero attached hydrogens (tertiary/aromatic N) is 1. The highest BCUT2D eigenvalue weighted by atomic mass is 32.2. The molecule has 2 aliphatic heterocycles. The molecular formula is C28H51NO4S. The van der Waals surface area contributed by atoms with E-state index in [4.69, 9.17) is 14.2 Å². The Bertz CT molecular complexity index is 531. The second kappa shape index (κ2) is 20.3. The van der Waals surface area contributed by atoms with Gasteiger partial charge in [0.15, 0.2) is 0 Å². The van der Waals surface area contributed by atoms with E-state index in [9.17, 15) is 4.79 Å². The number of unbranched alkanes of at least 4 members (excludes halogenated alkanes) is 13. The zero-order valence-electron chi connectivity index (χ0n) is 21.9. The van der Waals surface area contributed by atoms with E-state index in [1.165, 1.54) is 83.5 Å². The molecule has 2 unspecified atom stereocenters. The van der Waals surface area contributed by atoms with Gasteiger partial charge in [0.2, 0.25) is 0 Å². The second-order valence-electron chi connectivity index (χ2n) is 10.1. The maximum absolute atomic E-state index is 11.8. The molecule has 2 aliphatic rings. The van der Waals surface area contributed by atoms with E-state index in [0.29, 0.717) is 19.1 Å². The van der Waals surface area contributed by atoms with Crippen molar-refractivity contribution >= 4 is 17.9 Å². The lowest BCUT2D eigenvalue weighted by molar-refractivity contribution is 0.00723. The van der Waals surface area contributed by atoms with E-state index >= 15 is 0 Å². The summed E-state index contributed by atoms with van der Waals surface area (Å²) in [7, 11) is 0. The van der Waals surface area contributed by atoms with Crippen LogP contribution in [0.4, 0.5) is 4.79 Å². The molecular weight excluding hydrogens is 446 g/mol. The molecule has 0 radical (unpaired) electrons. The molecule has 5 nitrogen and oxygen atoms in total. The number of hydrogen-bond donors (Lipinski definition) is 0. The van der Waals surface area contributed by atoms with E-state index in [2.05, 4.69) is 23.4 Å². The fourth-order valence-corrected chi connectivity index (χ4v) is 5.52. The average Bonchev–Trinajstić information content (AvgIpc) is 3.53. The second-order valence-corrected chi connectivity index (χ2v) is 11.0. The van der Waals surface area contributed by atoms with Crippen LogP contribution in [0.5, 0.6) is 0 Å². The van der Waals surface area contributed by atoms with Gasteiger partial charge >= 0.3 is 6.16 Å². The van der Waals surface area contributed by atoms with Gasteiger partial charge in [-0.1, -0.05) is 84.0 Å². The summed E-state index contributed by atoms with van der Waals surface area (Å²) in [5.74, 6) is 1.68. The van der Waals surface area contributed by atoms with E-state index in [0.717, 1.165) is 44.7 Å². The van der Waals surface area contributed by atoms with Crippen molar-refractivity contribution in [2.75, 3.05) is 32.2 Å². The van der Waals surface area contributed by atoms with Crippen LogP contribution in [0.1, 0.15) is 116 Å². The molecule has 2 heterocycles. The topological polar surface area (TPSA) is 48.0 Å². The lowest BCUT2D eigenvalue weighted by atomic mass is 9.97. The third-order valence-corrected chi connectivity index (χ3v) is 7.73. The predicted octanol–water partition coefficient (Wildman–Crippen LogP) is 8.28. The highest BCUT2D eigenvalue weighted by molar-refractivity contribution is 8.02. The van der Waals surface area contributed by atoms with Gasteiger partial charge in [0.05, 0.1) is 25.2 Å². The summed E-state index contributed by atoms with van der Waals surface area (Å²) in [6.07, 6.45) is 23.7. The Morgan fingerprint density at radius 3 is 2.26 bits per heavy atom. The Balaban J connectivity index is 1.31. The van der Waals surface area contributed by atoms with Crippen molar-refractivity contribution < 1.29 is 19.0 Å². The van der Waals surface area contributed by atoms with Crippen LogP contribution >= 0.6 is 11.8 Å². The zero-order chi connectivity index (χ0) is 24.1. The molecule has 0 saturated carbocycles. The molecule has 0 aromatic rings. The van der Waals surface area contributed by atoms with Crippen LogP contribution in [0.25, 0.3) is 0 Å². The van der Waals surface area contributed by atoms with Crippen LogP contribution in [-0.4, -0.2) is 49.4 Å². The van der Waals surface area contributed by atoms with Crippen molar-refractivity contribution in [1.82, 2.24) is 4.90 Å². The normalized spacial score (nSPS) is 19.7. The smallest absolute Gasteiger partial charge is 0.434 e. The summed E-state index contributed by atoms with van der Waals surface area (Å²) in [6, 6.07) is 0. The van der Waals surface area contributed by atoms with E-state index in [1.807, 2.05) is 11.8 Å². The summed E-state index contributed by atoms with van der Waals surface area (Å²) in [4.78, 5) is 14.1. The number of rotatable bonds is 21. The highest BCUT2D eigenvalue weighted by Crippen LogP contribution is 2.25. The number of ether oxygens (including phenoxy) is 3. The van der Waals surface area contributed by atoms with Crippen LogP contribution in [0.3, 0.4) is 0 Å². The monoisotopic (exact) mass is 497 g/mol. The SMILES string of the molecule is CCCCCCCCCCCCCCC1COC(COC(=O)OCCCCCN2C=CSC2)C1. The lowest BCUT2D eigenvalue weighted by Gasteiger charge is -2.14. The molecule has 2 atom stereocenters. The maximum atomic E-state index is 11.8. The first kappa shape index (κ1) is 29.4. The zero-order valence-corrected chi connectivity index (χ0v) is 22.7. The molecule has 1 fully saturated rings. The van der Waals surface area contributed by atoms with E-state index < -0.39 is 6.16 Å². The van der Waals surface area contributed by atoms with Crippen molar-refractivity contribution in [3.8, 4) is 0 Å². The number of thioether (sulfide) groups is 1. The molecule has 0 aliphatic carbocycles. The van der Waals surface area contributed by atoms with Gasteiger partial charge in [-0.05, 0) is 43.4 Å². The van der Waals surface area contributed by atoms with Crippen molar-refractivity contribution in [3.05, 3.63) is 11.6 Å². The van der Waals surface area contributed by atoms with Gasteiger partial charge in [0, 0.05) is 12.7 Å². The third-order valence-electron chi connectivity index (χ3n) is 6.93. The first-order valence-electron chi connectivity index (χ1n) is 14.2. The molecule has 34 heavy (non-hydrogen) atoms. The summed E-state index contributed by atoms with van der Waals surface area (Å²) in [6.45, 7) is 4.94. The molecule has 0 amide bonds. The lowest BCUT2D eigenvalue weighted by Crippen LogP contribution is -2.19. The molecule has 0 N–H and O–H groups in total. The number of hydrogen-bond acceptors (Lipinski definition) is 6. The first-order chi connectivity index (χ1) is 16.8. The first-order valence-corrected chi connectivity index (χ1v) is 15.3. The summed E-state index contributed by atoms with van der Waals surface area (Å²) in [5.41, 5.74) is 0. The number of carbonyl (C=O) groups is 1. The summed E-state index contributed by atoms with van der Waals surface area (Å²) >= 11 is 1.83. The highest BCUT2D eigenvalue weighted by Gasteiger charge is 2.26. The molecule has 6 heteroatoms. The summed E-state index contributed by atoms with van der Waals surface area (Å²) in [5, 5.41) is 2.13. The average molecular weight is 498 g/mol. The van der Waals surface area contributed by atoms with Gasteiger partial charge < -0.3 is 19.1 Å². The van der Waals surface area contributed by atoms with Gasteiger partial charge in [-0.25, -0.2) is 4.79 Å². The Labute approximate surface area is 213 Å². The largest absolute Gasteiger partial charge is 0.508 e. The minimum atomic E-state index is -0.549. The minimum Gasteiger partial charge on any atom is -0.434 e. The molecule has 198 valence electrons. The molecule has 0 bridgehead atoms. The Morgan fingerprint density at radius 2 is 1.59 bits per heavy atom. The van der Waals surface area contributed by atoms with Gasteiger partial charge in [0.1, 0.15) is 6.61 Å². The fourth-order valence-electron chi connectivity index (χ4n) is 4.77. The fraction of sp³-hybridized carbons (Fsp3) is 0.893. The molecule has 1 saturated heterocycles. The molecule has 0 spiro atoms. The van der Waals surface area contributed by atoms with E-state index in [1.54, 1.807) is 0 Å². The standard InChI is InChI=1S/C28H51NO4S/c1-2-3-4-5-6-7-8-9-10-11-12-14-17-26-22-27(32-23-26)24-33-28(30)31-20-16-13-15-18-29-19-21-34-25-29/h19,21,26-27H,2-18,20,22-25H2,1H3. The summed E-state index contributed by atoms with van der Waals surface area (Å²) < 4.78 is 16.3. The quantitative estimate of drug-likeness (QED) is 0.117. The Hall–Kier alpha value is -0.880. The van der Waals surface area contributed by atoms with Gasteiger partial charge in [0.25, 0.3) is 0 Å². The van der Waals surface area contributed by atoms with Crippen LogP contribution in [-0.2, 0) is 14.2 Å². The van der Waals surface area contributed by atoms with Crippen molar-refractivity contribution in [2.24, 2.45) is 5.92 Å². The Morgan fingerprint density at radius 1 is 0.912 bits per heavy atom.